The van der Waals surface area contributed by atoms with Crippen molar-refractivity contribution in [2.45, 2.75) is 289 Å². The Bertz CT molecular complexity index is 823. The van der Waals surface area contributed by atoms with Crippen molar-refractivity contribution in [2.75, 3.05) is 6.61 Å². The maximum Gasteiger partial charge on any atom is 0.469 e. The van der Waals surface area contributed by atoms with Crippen molar-refractivity contribution in [2.24, 2.45) is 0 Å². The molecule has 0 radical (unpaired) electrons. The molecular weight excluding hydrogens is 705 g/mol. The van der Waals surface area contributed by atoms with Crippen molar-refractivity contribution in [1.29, 1.82) is 0 Å². The number of aliphatic hydroxyl groups is 1. The molecule has 0 fully saturated rings. The number of hydrogen-bond acceptors (Lipinski definition) is 4. The van der Waals surface area contributed by atoms with Crippen molar-refractivity contribution in [3.63, 3.8) is 0 Å². The Kier molecular flexibility index (Phi) is 42.8. The fourth-order valence-corrected chi connectivity index (χ4v) is 8.23. The molecule has 0 bridgehead atoms. The summed E-state index contributed by atoms with van der Waals surface area (Å²) >= 11 is 0. The highest BCUT2D eigenvalue weighted by atomic mass is 31.2. The number of rotatable bonds is 46. The predicted octanol–water partition coefficient (Wildman–Crippen LogP) is 15.0. The molecule has 330 valence electrons. The lowest BCUT2D eigenvalue weighted by atomic mass is 10.0. The molecule has 1 amide bonds. The van der Waals surface area contributed by atoms with Gasteiger partial charge >= 0.3 is 7.82 Å². The summed E-state index contributed by atoms with van der Waals surface area (Å²) in [7, 11) is -4.68. The van der Waals surface area contributed by atoms with Crippen molar-refractivity contribution in [3.05, 3.63) is 0 Å². The molecule has 0 aromatic rings. The van der Waals surface area contributed by atoms with Crippen molar-refractivity contribution in [3.8, 4) is 0 Å². The van der Waals surface area contributed by atoms with Gasteiger partial charge in [-0.25, -0.2) is 4.57 Å². The Labute approximate surface area is 342 Å². The number of phosphoric acid groups is 1. The summed E-state index contributed by atoms with van der Waals surface area (Å²) in [4.78, 5) is 30.9. The van der Waals surface area contributed by atoms with Crippen LogP contribution in [0.2, 0.25) is 0 Å². The standard InChI is InChI=1S/C47H96NO6P/c1-3-5-7-9-11-13-15-16-17-18-19-20-21-22-23-24-25-26-27-28-29-30-31-32-33-35-37-39-41-43-47(50)48-45(44-54-55(51,52)53)46(49)42-40-38-36-34-14-12-10-8-6-4-2/h45-46,49H,3-44H2,1-2H3,(H,48,50)(H2,51,52,53)/t45-,46+/m0/s1. The zero-order chi connectivity index (χ0) is 40.3. The van der Waals surface area contributed by atoms with Gasteiger partial charge in [0.05, 0.1) is 18.8 Å². The van der Waals surface area contributed by atoms with Gasteiger partial charge in [-0.1, -0.05) is 258 Å². The van der Waals surface area contributed by atoms with Gasteiger partial charge in [0, 0.05) is 6.42 Å². The van der Waals surface area contributed by atoms with Crippen LogP contribution in [-0.4, -0.2) is 39.6 Å². The van der Waals surface area contributed by atoms with E-state index in [9.17, 15) is 14.5 Å². The van der Waals surface area contributed by atoms with Crippen LogP contribution >= 0.6 is 7.82 Å². The average Bonchev–Trinajstić information content (AvgIpc) is 3.16. The first-order valence-electron chi connectivity index (χ1n) is 24.5. The van der Waals surface area contributed by atoms with Gasteiger partial charge in [0.1, 0.15) is 0 Å². The fraction of sp³-hybridized carbons (Fsp3) is 0.979. The van der Waals surface area contributed by atoms with Crippen LogP contribution in [0.15, 0.2) is 0 Å². The highest BCUT2D eigenvalue weighted by Crippen LogP contribution is 2.36. The van der Waals surface area contributed by atoms with Gasteiger partial charge in [-0.15, -0.1) is 0 Å². The Balaban J connectivity index is 3.62. The quantitative estimate of drug-likeness (QED) is 0.0360. The van der Waals surface area contributed by atoms with Crippen molar-refractivity contribution < 1.29 is 28.8 Å². The van der Waals surface area contributed by atoms with Gasteiger partial charge in [-0.2, -0.15) is 0 Å². The maximum absolute atomic E-state index is 12.6. The molecule has 0 aliphatic heterocycles. The molecule has 8 heteroatoms. The number of aliphatic hydroxyl groups excluding tert-OH is 1. The van der Waals surface area contributed by atoms with Gasteiger partial charge in [0.25, 0.3) is 0 Å². The van der Waals surface area contributed by atoms with E-state index >= 15 is 0 Å². The van der Waals surface area contributed by atoms with Crippen LogP contribution in [0.4, 0.5) is 0 Å². The third kappa shape index (κ3) is 44.5. The Morgan fingerprint density at radius 1 is 0.455 bits per heavy atom. The fourth-order valence-electron chi connectivity index (χ4n) is 7.88. The molecule has 4 N–H and O–H groups in total. The van der Waals surface area contributed by atoms with E-state index in [1.165, 1.54) is 212 Å². The summed E-state index contributed by atoms with van der Waals surface area (Å²) in [6.45, 7) is 4.13. The monoisotopic (exact) mass is 802 g/mol. The summed E-state index contributed by atoms with van der Waals surface area (Å²) in [5, 5.41) is 13.5. The van der Waals surface area contributed by atoms with Crippen LogP contribution in [0.25, 0.3) is 0 Å². The molecule has 0 aliphatic rings. The van der Waals surface area contributed by atoms with E-state index in [2.05, 4.69) is 23.7 Å². The summed E-state index contributed by atoms with van der Waals surface area (Å²) in [6.07, 6.45) is 51.3. The third-order valence-electron chi connectivity index (χ3n) is 11.6. The van der Waals surface area contributed by atoms with Crippen LogP contribution in [0.1, 0.15) is 277 Å². The highest BCUT2D eigenvalue weighted by molar-refractivity contribution is 7.46. The third-order valence-corrected chi connectivity index (χ3v) is 12.1. The minimum absolute atomic E-state index is 0.188. The molecule has 0 saturated heterocycles. The number of unbranched alkanes of at least 4 members (excludes halogenated alkanes) is 37. The van der Waals surface area contributed by atoms with Crippen molar-refractivity contribution in [1.82, 2.24) is 5.32 Å². The smallest absolute Gasteiger partial charge is 0.391 e. The molecule has 0 aromatic carbocycles. The van der Waals surface area contributed by atoms with Gasteiger partial charge in [0.15, 0.2) is 0 Å². The molecule has 0 spiro atoms. The van der Waals surface area contributed by atoms with Crippen LogP contribution in [0.5, 0.6) is 0 Å². The second-order valence-corrected chi connectivity index (χ2v) is 18.4. The van der Waals surface area contributed by atoms with Crippen LogP contribution < -0.4 is 5.32 Å². The Morgan fingerprint density at radius 3 is 0.982 bits per heavy atom. The zero-order valence-corrected chi connectivity index (χ0v) is 37.8. The molecule has 0 aliphatic carbocycles. The molecule has 55 heavy (non-hydrogen) atoms. The number of nitrogens with one attached hydrogen (secondary N) is 1. The maximum atomic E-state index is 12.6. The number of carbonyl (C=O) groups excluding carboxylic acids is 1. The lowest BCUT2D eigenvalue weighted by Crippen LogP contribution is -2.46. The molecule has 2 atom stereocenters. The minimum atomic E-state index is -4.68. The summed E-state index contributed by atoms with van der Waals surface area (Å²) in [6, 6.07) is -0.817. The molecule has 7 nitrogen and oxygen atoms in total. The van der Waals surface area contributed by atoms with Crippen LogP contribution in [-0.2, 0) is 13.9 Å². The zero-order valence-electron chi connectivity index (χ0n) is 36.9. The number of hydrogen-bond donors (Lipinski definition) is 4. The minimum Gasteiger partial charge on any atom is -0.391 e. The largest absolute Gasteiger partial charge is 0.469 e. The lowest BCUT2D eigenvalue weighted by Gasteiger charge is -2.24. The predicted molar refractivity (Wildman–Crippen MR) is 237 cm³/mol. The van der Waals surface area contributed by atoms with Gasteiger partial charge in [-0.05, 0) is 12.8 Å². The first-order chi connectivity index (χ1) is 26.8. The van der Waals surface area contributed by atoms with E-state index in [4.69, 9.17) is 9.79 Å². The molecule has 0 heterocycles. The summed E-state index contributed by atoms with van der Waals surface area (Å²) < 4.78 is 15.9. The van der Waals surface area contributed by atoms with E-state index in [1.807, 2.05) is 0 Å². The summed E-state index contributed by atoms with van der Waals surface area (Å²) in [5.41, 5.74) is 0. The molecule has 0 saturated carbocycles. The Morgan fingerprint density at radius 2 is 0.709 bits per heavy atom. The number of amides is 1. The van der Waals surface area contributed by atoms with E-state index < -0.39 is 26.6 Å². The molecular formula is C47H96NO6P. The topological polar surface area (TPSA) is 116 Å². The summed E-state index contributed by atoms with van der Waals surface area (Å²) in [5.74, 6) is -0.188. The molecule has 0 aromatic heterocycles. The second-order valence-electron chi connectivity index (χ2n) is 17.1. The van der Waals surface area contributed by atoms with E-state index in [0.29, 0.717) is 12.8 Å². The number of carbonyl (C=O) groups is 1. The normalized spacial score (nSPS) is 13.0. The first-order valence-corrected chi connectivity index (χ1v) is 26.0. The molecule has 0 rings (SSSR count). The van der Waals surface area contributed by atoms with Crippen LogP contribution in [0.3, 0.4) is 0 Å². The SMILES string of the molecule is CCCCCCCCCCCCCCCCCCCCCCCCCCCCCCCC(=O)N[C@@H](COP(=O)(O)O)[C@H](O)CCCCCCCCCCCC. The first kappa shape index (κ1) is 54.5. The van der Waals surface area contributed by atoms with Crippen LogP contribution in [0, 0.1) is 0 Å². The van der Waals surface area contributed by atoms with E-state index in [0.717, 1.165) is 38.5 Å². The van der Waals surface area contributed by atoms with E-state index in [1.54, 1.807) is 0 Å². The Hall–Kier alpha value is -0.460. The van der Waals surface area contributed by atoms with Gasteiger partial charge in [0.2, 0.25) is 5.91 Å². The van der Waals surface area contributed by atoms with Gasteiger partial charge in [-0.3, -0.25) is 9.32 Å². The van der Waals surface area contributed by atoms with E-state index in [-0.39, 0.29) is 5.91 Å². The van der Waals surface area contributed by atoms with Gasteiger partial charge < -0.3 is 20.2 Å². The molecule has 0 unspecified atom stereocenters. The lowest BCUT2D eigenvalue weighted by molar-refractivity contribution is -0.123. The average molecular weight is 802 g/mol. The second kappa shape index (κ2) is 43.1. The van der Waals surface area contributed by atoms with Crippen molar-refractivity contribution >= 4 is 13.7 Å². The highest BCUT2D eigenvalue weighted by Gasteiger charge is 2.25. The number of phosphoric ester groups is 1.